The van der Waals surface area contributed by atoms with Gasteiger partial charge in [-0.3, -0.25) is 4.79 Å². The summed E-state index contributed by atoms with van der Waals surface area (Å²) >= 11 is 9.24. The van der Waals surface area contributed by atoms with Gasteiger partial charge in [0, 0.05) is 9.50 Å². The molecule has 0 saturated heterocycles. The summed E-state index contributed by atoms with van der Waals surface area (Å²) in [5.74, 6) is -2.10. The largest absolute Gasteiger partial charge is 0.481 e. The molecule has 2 aromatic rings. The fourth-order valence-corrected chi connectivity index (χ4v) is 2.78. The SMILES string of the molecule is O=C(O)C(Cc1cc(Cl)ccc1F)Cc1ccccc1Br. The molecule has 0 heterocycles. The molecule has 21 heavy (non-hydrogen) atoms. The van der Waals surface area contributed by atoms with Crippen LogP contribution in [0, 0.1) is 11.7 Å². The quantitative estimate of drug-likeness (QED) is 0.825. The number of benzene rings is 2. The van der Waals surface area contributed by atoms with Crippen molar-refractivity contribution in [1.82, 2.24) is 0 Å². The standard InChI is InChI=1S/C16H13BrClFO2/c17-14-4-2-1-3-10(14)7-12(16(20)21)8-11-9-13(18)5-6-15(11)19/h1-6,9,12H,7-8H2,(H,20,21). The zero-order valence-corrected chi connectivity index (χ0v) is 13.4. The Bertz CT molecular complexity index is 660. The van der Waals surface area contributed by atoms with Crippen LogP contribution in [0.1, 0.15) is 11.1 Å². The van der Waals surface area contributed by atoms with Gasteiger partial charge in [-0.1, -0.05) is 45.7 Å². The van der Waals surface area contributed by atoms with Crippen molar-refractivity contribution < 1.29 is 14.3 Å². The molecule has 2 aromatic carbocycles. The molecule has 1 N–H and O–H groups in total. The predicted molar refractivity (Wildman–Crippen MR) is 84.1 cm³/mol. The van der Waals surface area contributed by atoms with Crippen LogP contribution >= 0.6 is 27.5 Å². The van der Waals surface area contributed by atoms with E-state index in [4.69, 9.17) is 11.6 Å². The number of aliphatic carboxylic acids is 1. The highest BCUT2D eigenvalue weighted by Crippen LogP contribution is 2.24. The van der Waals surface area contributed by atoms with Crippen LogP contribution in [0.15, 0.2) is 46.9 Å². The van der Waals surface area contributed by atoms with Crippen LogP contribution in [0.25, 0.3) is 0 Å². The van der Waals surface area contributed by atoms with Gasteiger partial charge in [0.25, 0.3) is 0 Å². The summed E-state index contributed by atoms with van der Waals surface area (Å²) in [6, 6.07) is 11.6. The molecular formula is C16H13BrClFO2. The average Bonchev–Trinajstić information content (AvgIpc) is 2.44. The number of carboxylic acid groups (broad SMARTS) is 1. The van der Waals surface area contributed by atoms with Crippen LogP contribution in [0.4, 0.5) is 4.39 Å². The molecule has 0 aromatic heterocycles. The van der Waals surface area contributed by atoms with Crippen molar-refractivity contribution in [1.29, 1.82) is 0 Å². The van der Waals surface area contributed by atoms with E-state index in [-0.39, 0.29) is 6.42 Å². The van der Waals surface area contributed by atoms with Gasteiger partial charge in [0.05, 0.1) is 5.92 Å². The second-order valence-electron chi connectivity index (χ2n) is 4.77. The van der Waals surface area contributed by atoms with E-state index in [1.165, 1.54) is 18.2 Å². The van der Waals surface area contributed by atoms with Crippen LogP contribution in [0.5, 0.6) is 0 Å². The van der Waals surface area contributed by atoms with Crippen LogP contribution < -0.4 is 0 Å². The highest BCUT2D eigenvalue weighted by molar-refractivity contribution is 9.10. The molecule has 0 saturated carbocycles. The Morgan fingerprint density at radius 2 is 1.86 bits per heavy atom. The van der Waals surface area contributed by atoms with E-state index in [0.29, 0.717) is 17.0 Å². The molecule has 0 radical (unpaired) electrons. The van der Waals surface area contributed by atoms with E-state index >= 15 is 0 Å². The predicted octanol–water partition coefficient (Wildman–Crippen LogP) is 4.73. The Morgan fingerprint density at radius 3 is 2.52 bits per heavy atom. The number of halogens is 3. The molecule has 1 unspecified atom stereocenters. The van der Waals surface area contributed by atoms with Gasteiger partial charge in [0.2, 0.25) is 0 Å². The molecular weight excluding hydrogens is 359 g/mol. The number of rotatable bonds is 5. The fraction of sp³-hybridized carbons (Fsp3) is 0.188. The maximum absolute atomic E-state index is 13.8. The van der Waals surface area contributed by atoms with E-state index in [1.807, 2.05) is 24.3 Å². The third-order valence-corrected chi connectivity index (χ3v) is 4.26. The second kappa shape index (κ2) is 7.05. The Morgan fingerprint density at radius 1 is 1.19 bits per heavy atom. The molecule has 0 amide bonds. The molecule has 110 valence electrons. The van der Waals surface area contributed by atoms with Crippen molar-refractivity contribution in [3.05, 3.63) is 68.9 Å². The van der Waals surface area contributed by atoms with Crippen molar-refractivity contribution >= 4 is 33.5 Å². The van der Waals surface area contributed by atoms with Crippen molar-refractivity contribution in [2.24, 2.45) is 5.92 Å². The lowest BCUT2D eigenvalue weighted by Crippen LogP contribution is -2.20. The normalized spacial score (nSPS) is 12.1. The van der Waals surface area contributed by atoms with Crippen LogP contribution in [-0.2, 0) is 17.6 Å². The van der Waals surface area contributed by atoms with E-state index in [2.05, 4.69) is 15.9 Å². The maximum Gasteiger partial charge on any atom is 0.307 e. The lowest BCUT2D eigenvalue weighted by molar-refractivity contribution is -0.141. The molecule has 0 fully saturated rings. The van der Waals surface area contributed by atoms with Crippen molar-refractivity contribution in [3.63, 3.8) is 0 Å². The number of hydrogen-bond acceptors (Lipinski definition) is 1. The lowest BCUT2D eigenvalue weighted by Gasteiger charge is -2.14. The number of carboxylic acids is 1. The highest BCUT2D eigenvalue weighted by atomic mass is 79.9. The molecule has 0 bridgehead atoms. The minimum Gasteiger partial charge on any atom is -0.481 e. The summed E-state index contributed by atoms with van der Waals surface area (Å²) in [5, 5.41) is 9.78. The van der Waals surface area contributed by atoms with Crippen LogP contribution in [0.3, 0.4) is 0 Å². The molecule has 2 nitrogen and oxygen atoms in total. The topological polar surface area (TPSA) is 37.3 Å². The van der Waals surface area contributed by atoms with Gasteiger partial charge in [-0.25, -0.2) is 4.39 Å². The summed E-state index contributed by atoms with van der Waals surface area (Å²) in [6.45, 7) is 0. The Kier molecular flexibility index (Phi) is 5.37. The van der Waals surface area contributed by atoms with Gasteiger partial charge in [0.15, 0.2) is 0 Å². The van der Waals surface area contributed by atoms with Gasteiger partial charge >= 0.3 is 5.97 Å². The lowest BCUT2D eigenvalue weighted by atomic mass is 9.92. The third kappa shape index (κ3) is 4.29. The van der Waals surface area contributed by atoms with Crippen LogP contribution in [-0.4, -0.2) is 11.1 Å². The Labute approximate surface area is 135 Å². The minimum absolute atomic E-state index is 0.100. The van der Waals surface area contributed by atoms with E-state index in [1.54, 1.807) is 0 Å². The Balaban J connectivity index is 2.22. The molecule has 5 heteroatoms. The maximum atomic E-state index is 13.8. The molecule has 0 aliphatic rings. The number of hydrogen-bond donors (Lipinski definition) is 1. The first kappa shape index (κ1) is 16.0. The molecule has 0 spiro atoms. The summed E-state index contributed by atoms with van der Waals surface area (Å²) in [4.78, 5) is 11.4. The van der Waals surface area contributed by atoms with Gasteiger partial charge < -0.3 is 5.11 Å². The van der Waals surface area contributed by atoms with Crippen molar-refractivity contribution in [2.75, 3.05) is 0 Å². The first-order chi connectivity index (χ1) is 9.97. The smallest absolute Gasteiger partial charge is 0.307 e. The highest BCUT2D eigenvalue weighted by Gasteiger charge is 2.21. The van der Waals surface area contributed by atoms with E-state index in [9.17, 15) is 14.3 Å². The number of carbonyl (C=O) groups is 1. The second-order valence-corrected chi connectivity index (χ2v) is 6.06. The first-order valence-corrected chi connectivity index (χ1v) is 7.54. The third-order valence-electron chi connectivity index (χ3n) is 3.25. The molecule has 0 aliphatic heterocycles. The van der Waals surface area contributed by atoms with Crippen molar-refractivity contribution in [3.8, 4) is 0 Å². The monoisotopic (exact) mass is 370 g/mol. The van der Waals surface area contributed by atoms with Gasteiger partial charge in [-0.15, -0.1) is 0 Å². The van der Waals surface area contributed by atoms with Gasteiger partial charge in [0.1, 0.15) is 5.82 Å². The van der Waals surface area contributed by atoms with E-state index in [0.717, 1.165) is 10.0 Å². The summed E-state index contributed by atoms with van der Waals surface area (Å²) in [5.41, 5.74) is 1.20. The van der Waals surface area contributed by atoms with Crippen LogP contribution in [0.2, 0.25) is 5.02 Å². The molecule has 0 aliphatic carbocycles. The molecule has 1 atom stereocenters. The molecule has 2 rings (SSSR count). The van der Waals surface area contributed by atoms with Gasteiger partial charge in [-0.05, 0) is 48.2 Å². The fourth-order valence-electron chi connectivity index (χ4n) is 2.14. The minimum atomic E-state index is -0.954. The summed E-state index contributed by atoms with van der Waals surface area (Å²) in [7, 11) is 0. The summed E-state index contributed by atoms with van der Waals surface area (Å²) < 4.78 is 14.6. The Hall–Kier alpha value is -1.39. The van der Waals surface area contributed by atoms with E-state index < -0.39 is 17.7 Å². The van der Waals surface area contributed by atoms with Crippen molar-refractivity contribution in [2.45, 2.75) is 12.8 Å². The zero-order valence-electron chi connectivity index (χ0n) is 11.0. The van der Waals surface area contributed by atoms with Gasteiger partial charge in [-0.2, -0.15) is 0 Å². The zero-order chi connectivity index (χ0) is 15.4. The summed E-state index contributed by atoms with van der Waals surface area (Å²) in [6.07, 6.45) is 0.422. The first-order valence-electron chi connectivity index (χ1n) is 6.37. The average molecular weight is 372 g/mol.